The number of hydrogen-bond donors (Lipinski definition) is 0. The fourth-order valence-corrected chi connectivity index (χ4v) is 2.82. The van der Waals surface area contributed by atoms with Crippen molar-refractivity contribution in [3.05, 3.63) is 42.0 Å². The van der Waals surface area contributed by atoms with E-state index < -0.39 is 0 Å². The Morgan fingerprint density at radius 1 is 0.850 bits per heavy atom. The van der Waals surface area contributed by atoms with Gasteiger partial charge in [-0.15, -0.1) is 0 Å². The van der Waals surface area contributed by atoms with Crippen LogP contribution in [0.2, 0.25) is 18.0 Å². The minimum atomic E-state index is 0.756. The van der Waals surface area contributed by atoms with Crippen LogP contribution in [-0.4, -0.2) is 6.71 Å². The molecule has 110 valence electrons. The van der Waals surface area contributed by atoms with Gasteiger partial charge >= 0.3 is 0 Å². The second-order valence-corrected chi connectivity index (χ2v) is 6.92. The molecule has 0 N–H and O–H groups in total. The predicted octanol–water partition coefficient (Wildman–Crippen LogP) is 6.29. The summed E-state index contributed by atoms with van der Waals surface area (Å²) in [5, 5.41) is 0. The first kappa shape index (κ1) is 17.1. The van der Waals surface area contributed by atoms with Crippen molar-refractivity contribution in [2.24, 2.45) is 11.8 Å². The maximum atomic E-state index is 2.42. The summed E-state index contributed by atoms with van der Waals surface area (Å²) in [6.07, 6.45) is 5.83. The minimum Gasteiger partial charge on any atom is -0.0911 e. The standard InChI is InChI=1S/C19H31B/c1-15(2)17(5)20(18(6)16(3)4)14-10-13-19-11-8-7-9-12-19/h7-13,15-18H,14H2,1-6H3/b13-10+. The fraction of sp³-hybridized carbons (Fsp3) is 0.579. The quantitative estimate of drug-likeness (QED) is 0.511. The Balaban J connectivity index is 2.72. The normalized spacial score (nSPS) is 15.0. The zero-order chi connectivity index (χ0) is 15.1. The van der Waals surface area contributed by atoms with Crippen LogP contribution in [0.4, 0.5) is 0 Å². The lowest BCUT2D eigenvalue weighted by molar-refractivity contribution is 0.561. The summed E-state index contributed by atoms with van der Waals surface area (Å²) in [6, 6.07) is 10.6. The molecule has 0 saturated heterocycles. The van der Waals surface area contributed by atoms with Gasteiger partial charge in [-0.05, 0) is 5.56 Å². The van der Waals surface area contributed by atoms with Crippen LogP contribution < -0.4 is 0 Å². The smallest absolute Gasteiger partial charge is 0.0911 e. The fourth-order valence-electron chi connectivity index (χ4n) is 2.82. The largest absolute Gasteiger partial charge is 0.150 e. The van der Waals surface area contributed by atoms with Gasteiger partial charge in [-0.25, -0.2) is 0 Å². The van der Waals surface area contributed by atoms with E-state index in [1.807, 2.05) is 0 Å². The van der Waals surface area contributed by atoms with Crippen LogP contribution in [0, 0.1) is 11.8 Å². The van der Waals surface area contributed by atoms with E-state index in [2.05, 4.69) is 84.0 Å². The second-order valence-electron chi connectivity index (χ2n) is 6.92. The van der Waals surface area contributed by atoms with Crippen LogP contribution in [0.15, 0.2) is 36.4 Å². The van der Waals surface area contributed by atoms with Gasteiger partial charge in [0, 0.05) is 0 Å². The number of benzene rings is 1. The van der Waals surface area contributed by atoms with Crippen LogP contribution >= 0.6 is 0 Å². The molecule has 0 amide bonds. The molecule has 1 aromatic rings. The molecule has 2 atom stereocenters. The molecule has 0 aliphatic carbocycles. The summed E-state index contributed by atoms with van der Waals surface area (Å²) in [5.74, 6) is 3.05. The Morgan fingerprint density at radius 2 is 1.35 bits per heavy atom. The van der Waals surface area contributed by atoms with Crippen molar-refractivity contribution in [3.8, 4) is 0 Å². The molecule has 0 heterocycles. The number of allylic oxidation sites excluding steroid dienone is 1. The van der Waals surface area contributed by atoms with E-state index >= 15 is 0 Å². The van der Waals surface area contributed by atoms with Gasteiger partial charge in [0.25, 0.3) is 0 Å². The zero-order valence-corrected chi connectivity index (χ0v) is 14.1. The summed E-state index contributed by atoms with van der Waals surface area (Å²) in [5.41, 5.74) is 1.31. The number of hydrogen-bond acceptors (Lipinski definition) is 0. The molecule has 0 aliphatic heterocycles. The first-order chi connectivity index (χ1) is 9.43. The molecule has 1 rings (SSSR count). The van der Waals surface area contributed by atoms with Crippen LogP contribution in [-0.2, 0) is 0 Å². The van der Waals surface area contributed by atoms with Crippen molar-refractivity contribution in [1.29, 1.82) is 0 Å². The van der Waals surface area contributed by atoms with Gasteiger partial charge in [0.1, 0.15) is 6.71 Å². The van der Waals surface area contributed by atoms with Gasteiger partial charge in [0.05, 0.1) is 0 Å². The van der Waals surface area contributed by atoms with Crippen LogP contribution in [0.1, 0.15) is 47.1 Å². The topological polar surface area (TPSA) is 0 Å². The molecular weight excluding hydrogens is 239 g/mol. The summed E-state index contributed by atoms with van der Waals surface area (Å²) in [4.78, 5) is 0. The van der Waals surface area contributed by atoms with Crippen molar-refractivity contribution < 1.29 is 0 Å². The van der Waals surface area contributed by atoms with E-state index in [1.165, 1.54) is 11.9 Å². The van der Waals surface area contributed by atoms with E-state index in [1.54, 1.807) is 0 Å². The average Bonchev–Trinajstić information content (AvgIpc) is 2.43. The van der Waals surface area contributed by atoms with Gasteiger partial charge in [0.2, 0.25) is 0 Å². The molecule has 0 aromatic heterocycles. The lowest BCUT2D eigenvalue weighted by Gasteiger charge is -2.31. The van der Waals surface area contributed by atoms with E-state index in [9.17, 15) is 0 Å². The average molecular weight is 270 g/mol. The lowest BCUT2D eigenvalue weighted by atomic mass is 9.30. The molecule has 0 fully saturated rings. The molecule has 0 saturated carbocycles. The van der Waals surface area contributed by atoms with E-state index in [0.29, 0.717) is 0 Å². The summed E-state index contributed by atoms with van der Waals surface area (Å²) in [7, 11) is 0. The van der Waals surface area contributed by atoms with Gasteiger partial charge in [-0.2, -0.15) is 0 Å². The number of rotatable bonds is 7. The first-order valence-electron chi connectivity index (χ1n) is 8.15. The lowest BCUT2D eigenvalue weighted by Crippen LogP contribution is -2.29. The van der Waals surface area contributed by atoms with Crippen molar-refractivity contribution >= 4 is 12.8 Å². The van der Waals surface area contributed by atoms with Crippen molar-refractivity contribution in [1.82, 2.24) is 0 Å². The van der Waals surface area contributed by atoms with E-state index in [4.69, 9.17) is 0 Å². The van der Waals surface area contributed by atoms with Crippen molar-refractivity contribution in [3.63, 3.8) is 0 Å². The first-order valence-corrected chi connectivity index (χ1v) is 8.15. The van der Waals surface area contributed by atoms with Gasteiger partial charge in [-0.3, -0.25) is 0 Å². The third-order valence-corrected chi connectivity index (χ3v) is 4.97. The Hall–Kier alpha value is -0.975. The third-order valence-electron chi connectivity index (χ3n) is 4.97. The summed E-state index contributed by atoms with van der Waals surface area (Å²) in [6.45, 7) is 15.0. The Kier molecular flexibility index (Phi) is 7.12. The second kappa shape index (κ2) is 8.34. The maximum absolute atomic E-state index is 2.42. The van der Waals surface area contributed by atoms with Crippen molar-refractivity contribution in [2.45, 2.75) is 59.5 Å². The predicted molar refractivity (Wildman–Crippen MR) is 94.6 cm³/mol. The van der Waals surface area contributed by atoms with E-state index in [0.717, 1.165) is 30.2 Å². The van der Waals surface area contributed by atoms with Crippen molar-refractivity contribution in [2.75, 3.05) is 0 Å². The molecule has 1 aromatic carbocycles. The Bertz CT molecular complexity index is 377. The SMILES string of the molecule is CC(C)C(C)B(C/C=C/c1ccccc1)C(C)C(C)C. The summed E-state index contributed by atoms with van der Waals surface area (Å²) >= 11 is 0. The van der Waals surface area contributed by atoms with Crippen LogP contribution in [0.25, 0.3) is 6.08 Å². The van der Waals surface area contributed by atoms with Crippen LogP contribution in [0.5, 0.6) is 0 Å². The molecule has 2 unspecified atom stereocenters. The molecule has 0 aliphatic rings. The highest BCUT2D eigenvalue weighted by atomic mass is 14.1. The highest BCUT2D eigenvalue weighted by Gasteiger charge is 2.29. The molecule has 0 radical (unpaired) electrons. The zero-order valence-electron chi connectivity index (χ0n) is 14.1. The van der Waals surface area contributed by atoms with Gasteiger partial charge in [-0.1, -0.05) is 114 Å². The monoisotopic (exact) mass is 270 g/mol. The maximum Gasteiger partial charge on any atom is 0.150 e. The Labute approximate surface area is 126 Å². The molecular formula is C19H31B. The minimum absolute atomic E-state index is 0.756. The molecule has 0 spiro atoms. The van der Waals surface area contributed by atoms with Gasteiger partial charge in [0.15, 0.2) is 0 Å². The van der Waals surface area contributed by atoms with Gasteiger partial charge < -0.3 is 0 Å². The Morgan fingerprint density at radius 3 is 1.80 bits per heavy atom. The molecule has 1 heteroatoms. The van der Waals surface area contributed by atoms with Crippen LogP contribution in [0.3, 0.4) is 0 Å². The third kappa shape index (κ3) is 5.19. The highest BCUT2D eigenvalue weighted by molar-refractivity contribution is 6.62. The van der Waals surface area contributed by atoms with E-state index in [-0.39, 0.29) is 0 Å². The molecule has 20 heavy (non-hydrogen) atoms. The molecule has 0 bridgehead atoms. The highest BCUT2D eigenvalue weighted by Crippen LogP contribution is 2.34. The molecule has 0 nitrogen and oxygen atoms in total. The summed E-state index contributed by atoms with van der Waals surface area (Å²) < 4.78 is 0.